The van der Waals surface area contributed by atoms with E-state index >= 15 is 0 Å². The van der Waals surface area contributed by atoms with Gasteiger partial charge in [-0.1, -0.05) is 12.1 Å². The van der Waals surface area contributed by atoms with Crippen molar-refractivity contribution in [1.29, 1.82) is 0 Å². The molecule has 1 unspecified atom stereocenters. The maximum atomic E-state index is 5.31. The van der Waals surface area contributed by atoms with Crippen LogP contribution in [0.5, 0.6) is 0 Å². The highest BCUT2D eigenvalue weighted by atomic mass is 79.9. The van der Waals surface area contributed by atoms with Gasteiger partial charge in [-0.3, -0.25) is 4.98 Å². The second-order valence-electron chi connectivity index (χ2n) is 4.66. The number of aromatic nitrogens is 3. The zero-order valence-corrected chi connectivity index (χ0v) is 13.8. The first-order valence-corrected chi connectivity index (χ1v) is 7.69. The molecule has 0 saturated heterocycles. The summed E-state index contributed by atoms with van der Waals surface area (Å²) < 4.78 is 11.4. The van der Waals surface area contributed by atoms with Crippen LogP contribution in [0.3, 0.4) is 0 Å². The number of nitrogens with one attached hydrogen (secondary N) is 1. The summed E-state index contributed by atoms with van der Waals surface area (Å²) in [7, 11) is 1.69. The van der Waals surface area contributed by atoms with Crippen LogP contribution in [0.4, 0.5) is 0 Å². The average Bonchev–Trinajstić information content (AvgIpc) is 2.94. The van der Waals surface area contributed by atoms with Crippen LogP contribution in [0.15, 0.2) is 27.3 Å². The second-order valence-corrected chi connectivity index (χ2v) is 5.51. The predicted molar refractivity (Wildman–Crippen MR) is 82.9 cm³/mol. The Kier molecular flexibility index (Phi) is 6.28. The standard InChI is InChI=1S/C14H19BrN4O2/c1-3-6-16-10(9-20-2)8-12-18-14(19-21-12)13-11(15)5-4-7-17-13/h4-5,7,10,16H,3,6,8-9H2,1-2H3. The minimum atomic E-state index is 0.162. The van der Waals surface area contributed by atoms with E-state index in [1.54, 1.807) is 13.3 Å². The van der Waals surface area contributed by atoms with Crippen molar-refractivity contribution in [3.05, 3.63) is 28.7 Å². The molecule has 6 nitrogen and oxygen atoms in total. The Morgan fingerprint density at radius 1 is 1.48 bits per heavy atom. The van der Waals surface area contributed by atoms with Gasteiger partial charge in [0, 0.05) is 30.2 Å². The third-order valence-electron chi connectivity index (χ3n) is 2.91. The highest BCUT2D eigenvalue weighted by molar-refractivity contribution is 9.10. The third kappa shape index (κ3) is 4.59. The molecule has 2 rings (SSSR count). The fraction of sp³-hybridized carbons (Fsp3) is 0.500. The fourth-order valence-corrected chi connectivity index (χ4v) is 2.37. The van der Waals surface area contributed by atoms with Crippen molar-refractivity contribution in [3.63, 3.8) is 0 Å². The first-order chi connectivity index (χ1) is 10.2. The minimum absolute atomic E-state index is 0.162. The number of hydrogen-bond acceptors (Lipinski definition) is 6. The lowest BCUT2D eigenvalue weighted by Gasteiger charge is -2.15. The van der Waals surface area contributed by atoms with Crippen molar-refractivity contribution >= 4 is 15.9 Å². The van der Waals surface area contributed by atoms with Crippen LogP contribution in [-0.4, -0.2) is 41.4 Å². The number of methoxy groups -OCH3 is 1. The predicted octanol–water partition coefficient (Wildman–Crippen LogP) is 2.45. The normalized spacial score (nSPS) is 12.5. The van der Waals surface area contributed by atoms with Crippen molar-refractivity contribution < 1.29 is 9.26 Å². The molecule has 0 aromatic carbocycles. The van der Waals surface area contributed by atoms with Gasteiger partial charge in [0.2, 0.25) is 11.7 Å². The molecule has 2 heterocycles. The molecule has 0 aliphatic carbocycles. The van der Waals surface area contributed by atoms with Crippen LogP contribution in [0.25, 0.3) is 11.5 Å². The molecule has 0 saturated carbocycles. The van der Waals surface area contributed by atoms with E-state index in [0.717, 1.165) is 17.4 Å². The molecule has 0 bridgehead atoms. The summed E-state index contributed by atoms with van der Waals surface area (Å²) in [6, 6.07) is 3.91. The maximum absolute atomic E-state index is 5.31. The zero-order chi connectivity index (χ0) is 15.1. The van der Waals surface area contributed by atoms with Gasteiger partial charge in [0.05, 0.1) is 6.61 Å². The monoisotopic (exact) mass is 354 g/mol. The Morgan fingerprint density at radius 3 is 3.05 bits per heavy atom. The van der Waals surface area contributed by atoms with Crippen LogP contribution in [-0.2, 0) is 11.2 Å². The van der Waals surface area contributed by atoms with Gasteiger partial charge in [0.1, 0.15) is 5.69 Å². The number of pyridine rings is 1. The molecule has 1 atom stereocenters. The summed E-state index contributed by atoms with van der Waals surface area (Å²) in [6.07, 6.45) is 3.40. The molecule has 0 amide bonds. The molecule has 0 radical (unpaired) electrons. The van der Waals surface area contributed by atoms with Crippen molar-refractivity contribution in [2.24, 2.45) is 0 Å². The van der Waals surface area contributed by atoms with Crippen molar-refractivity contribution in [2.45, 2.75) is 25.8 Å². The maximum Gasteiger partial charge on any atom is 0.228 e. The summed E-state index contributed by atoms with van der Waals surface area (Å²) in [5.74, 6) is 1.07. The molecular weight excluding hydrogens is 336 g/mol. The largest absolute Gasteiger partial charge is 0.383 e. The van der Waals surface area contributed by atoms with E-state index in [9.17, 15) is 0 Å². The Labute approximate surface area is 132 Å². The van der Waals surface area contributed by atoms with E-state index in [4.69, 9.17) is 9.26 Å². The average molecular weight is 355 g/mol. The van der Waals surface area contributed by atoms with E-state index in [1.807, 2.05) is 12.1 Å². The number of nitrogens with zero attached hydrogens (tertiary/aromatic N) is 3. The highest BCUT2D eigenvalue weighted by Gasteiger charge is 2.16. The molecule has 0 aliphatic heterocycles. The Hall–Kier alpha value is -1.31. The van der Waals surface area contributed by atoms with Crippen LogP contribution < -0.4 is 5.32 Å². The first-order valence-electron chi connectivity index (χ1n) is 6.90. The minimum Gasteiger partial charge on any atom is -0.383 e. The van der Waals surface area contributed by atoms with Gasteiger partial charge >= 0.3 is 0 Å². The summed E-state index contributed by atoms with van der Waals surface area (Å²) in [4.78, 5) is 8.66. The smallest absolute Gasteiger partial charge is 0.228 e. The number of ether oxygens (including phenoxy) is 1. The lowest BCUT2D eigenvalue weighted by molar-refractivity contribution is 0.161. The molecule has 0 fully saturated rings. The quantitative estimate of drug-likeness (QED) is 0.784. The second kappa shape index (κ2) is 8.21. The number of hydrogen-bond donors (Lipinski definition) is 1. The molecule has 0 aliphatic rings. The number of halogens is 1. The zero-order valence-electron chi connectivity index (χ0n) is 12.2. The van der Waals surface area contributed by atoms with Crippen LogP contribution in [0.2, 0.25) is 0 Å². The van der Waals surface area contributed by atoms with Crippen molar-refractivity contribution in [1.82, 2.24) is 20.4 Å². The molecule has 2 aromatic rings. The van der Waals surface area contributed by atoms with Gasteiger partial charge in [-0.2, -0.15) is 4.98 Å². The topological polar surface area (TPSA) is 73.1 Å². The van der Waals surface area contributed by atoms with E-state index in [1.165, 1.54) is 0 Å². The Morgan fingerprint density at radius 2 is 2.33 bits per heavy atom. The lowest BCUT2D eigenvalue weighted by Crippen LogP contribution is -2.35. The van der Waals surface area contributed by atoms with Gasteiger partial charge in [-0.25, -0.2) is 0 Å². The molecule has 114 valence electrons. The first kappa shape index (κ1) is 16.1. The SMILES string of the molecule is CCCNC(COC)Cc1nc(-c2ncccc2Br)no1. The molecule has 2 aromatic heterocycles. The van der Waals surface area contributed by atoms with Gasteiger partial charge in [0.25, 0.3) is 0 Å². The number of rotatable bonds is 8. The summed E-state index contributed by atoms with van der Waals surface area (Å²) >= 11 is 3.44. The van der Waals surface area contributed by atoms with Crippen LogP contribution in [0.1, 0.15) is 19.2 Å². The lowest BCUT2D eigenvalue weighted by atomic mass is 10.2. The molecule has 1 N–H and O–H groups in total. The molecule has 0 spiro atoms. The van der Waals surface area contributed by atoms with Crippen LogP contribution in [0, 0.1) is 0 Å². The van der Waals surface area contributed by atoms with E-state index < -0.39 is 0 Å². The van der Waals surface area contributed by atoms with Gasteiger partial charge in [-0.15, -0.1) is 0 Å². The van der Waals surface area contributed by atoms with Gasteiger partial charge in [0.15, 0.2) is 0 Å². The van der Waals surface area contributed by atoms with Gasteiger partial charge in [-0.05, 0) is 41.0 Å². The van der Waals surface area contributed by atoms with E-state index in [0.29, 0.717) is 30.4 Å². The van der Waals surface area contributed by atoms with E-state index in [-0.39, 0.29) is 6.04 Å². The summed E-state index contributed by atoms with van der Waals surface area (Å²) in [5, 5.41) is 7.40. The Bertz CT molecular complexity index is 561. The molecule has 21 heavy (non-hydrogen) atoms. The summed E-state index contributed by atoms with van der Waals surface area (Å²) in [6.45, 7) is 3.66. The molecular formula is C14H19BrN4O2. The molecule has 7 heteroatoms. The van der Waals surface area contributed by atoms with Crippen molar-refractivity contribution in [3.8, 4) is 11.5 Å². The third-order valence-corrected chi connectivity index (χ3v) is 3.55. The van der Waals surface area contributed by atoms with Crippen molar-refractivity contribution in [2.75, 3.05) is 20.3 Å². The summed E-state index contributed by atoms with van der Waals surface area (Å²) in [5.41, 5.74) is 0.678. The fourth-order valence-electron chi connectivity index (χ4n) is 1.93. The highest BCUT2D eigenvalue weighted by Crippen LogP contribution is 2.23. The van der Waals surface area contributed by atoms with E-state index in [2.05, 4.69) is 43.3 Å². The Balaban J connectivity index is 2.06. The van der Waals surface area contributed by atoms with Crippen LogP contribution >= 0.6 is 15.9 Å². The van der Waals surface area contributed by atoms with Gasteiger partial charge < -0.3 is 14.6 Å².